The van der Waals surface area contributed by atoms with E-state index in [0.29, 0.717) is 0 Å². The molecule has 0 radical (unpaired) electrons. The molecule has 0 saturated carbocycles. The van der Waals surface area contributed by atoms with Crippen molar-refractivity contribution in [3.05, 3.63) is 48.5 Å². The Kier molecular flexibility index (Phi) is 3.44. The van der Waals surface area contributed by atoms with Crippen LogP contribution in [0.15, 0.2) is 48.5 Å². The van der Waals surface area contributed by atoms with Gasteiger partial charge in [-0.05, 0) is 48.0 Å². The van der Waals surface area contributed by atoms with Crippen LogP contribution in [0.25, 0.3) is 22.2 Å². The number of aromatic nitrogens is 1. The van der Waals surface area contributed by atoms with Crippen molar-refractivity contribution in [2.75, 3.05) is 7.11 Å². The highest BCUT2D eigenvalue weighted by atomic mass is 19.4. The molecule has 114 valence electrons. The Bertz CT molecular complexity index is 791. The zero-order valence-corrected chi connectivity index (χ0v) is 11.6. The molecule has 0 aliphatic heterocycles. The van der Waals surface area contributed by atoms with Crippen molar-refractivity contribution in [2.24, 2.45) is 0 Å². The lowest BCUT2D eigenvalue weighted by Crippen LogP contribution is -2.16. The van der Waals surface area contributed by atoms with E-state index in [4.69, 9.17) is 4.74 Å². The monoisotopic (exact) mass is 307 g/mol. The molecule has 3 rings (SSSR count). The molecule has 6 heteroatoms. The van der Waals surface area contributed by atoms with Crippen molar-refractivity contribution < 1.29 is 22.6 Å². The SMILES string of the molecule is COc1ccc2cc(-c3ccc(OC(F)(F)F)cc3)[nH]c2c1. The first-order valence-electron chi connectivity index (χ1n) is 6.47. The third-order valence-corrected chi connectivity index (χ3v) is 3.23. The summed E-state index contributed by atoms with van der Waals surface area (Å²) in [6.07, 6.45) is -4.68. The second-order valence-corrected chi connectivity index (χ2v) is 4.71. The summed E-state index contributed by atoms with van der Waals surface area (Å²) in [6.45, 7) is 0. The molecule has 1 heterocycles. The lowest BCUT2D eigenvalue weighted by atomic mass is 10.1. The quantitative estimate of drug-likeness (QED) is 0.758. The Morgan fingerprint density at radius 2 is 1.59 bits per heavy atom. The van der Waals surface area contributed by atoms with E-state index in [-0.39, 0.29) is 5.75 Å². The van der Waals surface area contributed by atoms with Gasteiger partial charge in [-0.1, -0.05) is 0 Å². The molecule has 3 aromatic rings. The number of fused-ring (bicyclic) bond motifs is 1. The Morgan fingerprint density at radius 1 is 0.909 bits per heavy atom. The summed E-state index contributed by atoms with van der Waals surface area (Å²) in [7, 11) is 1.59. The minimum Gasteiger partial charge on any atom is -0.497 e. The summed E-state index contributed by atoms with van der Waals surface area (Å²) in [5.74, 6) is 0.490. The number of rotatable bonds is 3. The molecule has 22 heavy (non-hydrogen) atoms. The van der Waals surface area contributed by atoms with Gasteiger partial charge in [-0.15, -0.1) is 13.2 Å². The Labute approximate surface area is 124 Å². The molecule has 0 saturated heterocycles. The molecule has 2 aromatic carbocycles. The third-order valence-electron chi connectivity index (χ3n) is 3.23. The third kappa shape index (κ3) is 3.00. The summed E-state index contributed by atoms with van der Waals surface area (Å²) < 4.78 is 45.4. The number of halogens is 3. The van der Waals surface area contributed by atoms with Crippen LogP contribution in [0.1, 0.15) is 0 Å². The Morgan fingerprint density at radius 3 is 2.23 bits per heavy atom. The fourth-order valence-electron chi connectivity index (χ4n) is 2.22. The molecule has 0 atom stereocenters. The second-order valence-electron chi connectivity index (χ2n) is 4.71. The maximum absolute atomic E-state index is 12.1. The average Bonchev–Trinajstić information content (AvgIpc) is 2.89. The standard InChI is InChI=1S/C16H12F3NO2/c1-21-13-7-4-11-8-14(20-15(11)9-13)10-2-5-12(6-3-10)22-16(17,18)19/h2-9,20H,1H3. The second kappa shape index (κ2) is 5.29. The first kappa shape index (κ1) is 14.3. The molecule has 0 aliphatic rings. The molecule has 0 unspecified atom stereocenters. The molecule has 0 spiro atoms. The van der Waals surface area contributed by atoms with Gasteiger partial charge >= 0.3 is 6.36 Å². The van der Waals surface area contributed by atoms with E-state index in [1.54, 1.807) is 19.2 Å². The molecule has 3 nitrogen and oxygen atoms in total. The van der Waals surface area contributed by atoms with E-state index in [2.05, 4.69) is 9.72 Å². The van der Waals surface area contributed by atoms with Crippen molar-refractivity contribution in [3.63, 3.8) is 0 Å². The maximum Gasteiger partial charge on any atom is 0.573 e. The smallest absolute Gasteiger partial charge is 0.497 e. The summed E-state index contributed by atoms with van der Waals surface area (Å²) in [5.41, 5.74) is 2.47. The number of benzene rings is 2. The summed E-state index contributed by atoms with van der Waals surface area (Å²) in [6, 6.07) is 13.3. The van der Waals surface area contributed by atoms with Crippen molar-refractivity contribution >= 4 is 10.9 Å². The molecule has 0 amide bonds. The van der Waals surface area contributed by atoms with Crippen LogP contribution >= 0.6 is 0 Å². The van der Waals surface area contributed by atoms with E-state index in [9.17, 15) is 13.2 Å². The zero-order chi connectivity index (χ0) is 15.7. The largest absolute Gasteiger partial charge is 0.573 e. The van der Waals surface area contributed by atoms with Crippen LogP contribution in [0.5, 0.6) is 11.5 Å². The van der Waals surface area contributed by atoms with Gasteiger partial charge in [0.25, 0.3) is 0 Å². The first-order chi connectivity index (χ1) is 10.4. The van der Waals surface area contributed by atoms with Gasteiger partial charge in [-0.25, -0.2) is 0 Å². The van der Waals surface area contributed by atoms with Crippen molar-refractivity contribution in [2.45, 2.75) is 6.36 Å². The summed E-state index contributed by atoms with van der Waals surface area (Å²) >= 11 is 0. The van der Waals surface area contributed by atoms with Crippen molar-refractivity contribution in [3.8, 4) is 22.8 Å². The molecule has 0 fully saturated rings. The average molecular weight is 307 g/mol. The van der Waals surface area contributed by atoms with Crippen molar-refractivity contribution in [1.29, 1.82) is 0 Å². The van der Waals surface area contributed by atoms with Gasteiger partial charge in [-0.2, -0.15) is 0 Å². The van der Waals surface area contributed by atoms with Gasteiger partial charge < -0.3 is 14.5 Å². The number of hydrogen-bond donors (Lipinski definition) is 1. The Balaban J connectivity index is 1.90. The number of nitrogens with one attached hydrogen (secondary N) is 1. The maximum atomic E-state index is 12.1. The molecular formula is C16H12F3NO2. The minimum absolute atomic E-state index is 0.242. The van der Waals surface area contributed by atoms with E-state index >= 15 is 0 Å². The molecule has 0 aliphatic carbocycles. The highest BCUT2D eigenvalue weighted by Gasteiger charge is 2.30. The van der Waals surface area contributed by atoms with E-state index in [1.165, 1.54) is 12.1 Å². The van der Waals surface area contributed by atoms with Crippen LogP contribution in [0, 0.1) is 0 Å². The van der Waals surface area contributed by atoms with Gasteiger partial charge in [0.15, 0.2) is 0 Å². The molecule has 0 bridgehead atoms. The van der Waals surface area contributed by atoms with Crippen LogP contribution in [0.4, 0.5) is 13.2 Å². The number of methoxy groups -OCH3 is 1. The number of hydrogen-bond acceptors (Lipinski definition) is 2. The Hall–Kier alpha value is -2.63. The fourth-order valence-corrected chi connectivity index (χ4v) is 2.22. The van der Waals surface area contributed by atoms with E-state index in [1.807, 2.05) is 24.3 Å². The van der Waals surface area contributed by atoms with Crippen LogP contribution in [-0.2, 0) is 0 Å². The molecule has 1 N–H and O–H groups in total. The number of ether oxygens (including phenoxy) is 2. The lowest BCUT2D eigenvalue weighted by Gasteiger charge is -2.08. The fraction of sp³-hybridized carbons (Fsp3) is 0.125. The van der Waals surface area contributed by atoms with Gasteiger partial charge in [0, 0.05) is 22.7 Å². The normalized spacial score (nSPS) is 11.6. The van der Waals surface area contributed by atoms with Crippen LogP contribution in [-0.4, -0.2) is 18.5 Å². The topological polar surface area (TPSA) is 34.2 Å². The molecular weight excluding hydrogens is 295 g/mol. The highest BCUT2D eigenvalue weighted by Crippen LogP contribution is 2.29. The predicted octanol–water partition coefficient (Wildman–Crippen LogP) is 4.74. The highest BCUT2D eigenvalue weighted by molar-refractivity contribution is 5.86. The summed E-state index contributed by atoms with van der Waals surface area (Å²) in [5, 5.41) is 0.992. The first-order valence-corrected chi connectivity index (χ1v) is 6.47. The van der Waals surface area contributed by atoms with E-state index < -0.39 is 6.36 Å². The van der Waals surface area contributed by atoms with Gasteiger partial charge in [0.05, 0.1) is 7.11 Å². The van der Waals surface area contributed by atoms with Crippen molar-refractivity contribution in [1.82, 2.24) is 4.98 Å². The van der Waals surface area contributed by atoms with Gasteiger partial charge in [0.2, 0.25) is 0 Å². The number of aromatic amines is 1. The number of H-pyrrole nitrogens is 1. The predicted molar refractivity (Wildman–Crippen MR) is 77.0 cm³/mol. The van der Waals surface area contributed by atoms with Crippen LogP contribution < -0.4 is 9.47 Å². The van der Waals surface area contributed by atoms with Crippen LogP contribution in [0.2, 0.25) is 0 Å². The zero-order valence-electron chi connectivity index (χ0n) is 11.6. The molecule has 1 aromatic heterocycles. The summed E-state index contributed by atoms with van der Waals surface area (Å²) in [4.78, 5) is 3.21. The van der Waals surface area contributed by atoms with Gasteiger partial charge in [0.1, 0.15) is 11.5 Å². The van der Waals surface area contributed by atoms with Gasteiger partial charge in [-0.3, -0.25) is 0 Å². The van der Waals surface area contributed by atoms with E-state index in [0.717, 1.165) is 27.9 Å². The van der Waals surface area contributed by atoms with Crippen LogP contribution in [0.3, 0.4) is 0 Å². The number of alkyl halides is 3. The lowest BCUT2D eigenvalue weighted by molar-refractivity contribution is -0.274. The minimum atomic E-state index is -4.68.